The summed E-state index contributed by atoms with van der Waals surface area (Å²) >= 11 is 0. The Bertz CT molecular complexity index is 512. The monoisotopic (exact) mass is 275 g/mol. The van der Waals surface area contributed by atoms with Gasteiger partial charge in [-0.1, -0.05) is 42.5 Å². The highest BCUT2D eigenvalue weighted by Gasteiger charge is 2.28. The lowest BCUT2D eigenvalue weighted by atomic mass is 10.1. The minimum atomic E-state index is -0.871. The van der Waals surface area contributed by atoms with Crippen LogP contribution in [0.25, 0.3) is 0 Å². The summed E-state index contributed by atoms with van der Waals surface area (Å²) in [5, 5.41) is 11.7. The van der Waals surface area contributed by atoms with Crippen LogP contribution in [0.4, 0.5) is 0 Å². The van der Waals surface area contributed by atoms with Crippen molar-refractivity contribution in [3.05, 3.63) is 48.0 Å². The van der Waals surface area contributed by atoms with Crippen molar-refractivity contribution in [2.75, 3.05) is 7.11 Å². The molecule has 1 aromatic carbocycles. The SMILES string of the molecule is COC(C(=O)NC1C=CC(C(=O)O)C1)c1ccccc1. The van der Waals surface area contributed by atoms with Crippen molar-refractivity contribution in [3.8, 4) is 0 Å². The van der Waals surface area contributed by atoms with E-state index in [0.717, 1.165) is 5.56 Å². The number of aliphatic carboxylic acids is 1. The van der Waals surface area contributed by atoms with Crippen LogP contribution in [-0.2, 0) is 14.3 Å². The molecule has 1 aliphatic carbocycles. The van der Waals surface area contributed by atoms with E-state index in [1.165, 1.54) is 7.11 Å². The molecule has 1 aromatic rings. The molecule has 0 aromatic heterocycles. The fourth-order valence-corrected chi connectivity index (χ4v) is 2.27. The lowest BCUT2D eigenvalue weighted by molar-refractivity contribution is -0.140. The summed E-state index contributed by atoms with van der Waals surface area (Å²) in [6.07, 6.45) is 3.02. The van der Waals surface area contributed by atoms with Crippen LogP contribution in [-0.4, -0.2) is 30.1 Å². The van der Waals surface area contributed by atoms with Crippen molar-refractivity contribution in [1.82, 2.24) is 5.32 Å². The second-order valence-corrected chi connectivity index (χ2v) is 4.71. The van der Waals surface area contributed by atoms with Gasteiger partial charge in [0, 0.05) is 13.2 Å². The van der Waals surface area contributed by atoms with E-state index in [4.69, 9.17) is 9.84 Å². The average molecular weight is 275 g/mol. The lowest BCUT2D eigenvalue weighted by Gasteiger charge is -2.18. The topological polar surface area (TPSA) is 75.6 Å². The summed E-state index contributed by atoms with van der Waals surface area (Å²) in [6, 6.07) is 8.92. The highest BCUT2D eigenvalue weighted by molar-refractivity contribution is 5.83. The molecule has 1 aliphatic rings. The Morgan fingerprint density at radius 3 is 2.55 bits per heavy atom. The van der Waals surface area contributed by atoms with Gasteiger partial charge in [-0.2, -0.15) is 0 Å². The van der Waals surface area contributed by atoms with Crippen molar-refractivity contribution < 1.29 is 19.4 Å². The van der Waals surface area contributed by atoms with E-state index in [-0.39, 0.29) is 11.9 Å². The van der Waals surface area contributed by atoms with Gasteiger partial charge in [-0.25, -0.2) is 0 Å². The summed E-state index contributed by atoms with van der Waals surface area (Å²) in [5.41, 5.74) is 0.768. The quantitative estimate of drug-likeness (QED) is 0.799. The predicted octanol–water partition coefficient (Wildman–Crippen LogP) is 1.52. The highest BCUT2D eigenvalue weighted by Crippen LogP contribution is 2.21. The largest absolute Gasteiger partial charge is 0.481 e. The molecule has 3 atom stereocenters. The van der Waals surface area contributed by atoms with Crippen LogP contribution < -0.4 is 5.32 Å². The van der Waals surface area contributed by atoms with Crippen molar-refractivity contribution in [2.45, 2.75) is 18.6 Å². The van der Waals surface area contributed by atoms with Crippen LogP contribution in [0.3, 0.4) is 0 Å². The molecule has 2 rings (SSSR count). The number of carboxylic acids is 1. The number of hydrogen-bond acceptors (Lipinski definition) is 3. The van der Waals surface area contributed by atoms with E-state index in [9.17, 15) is 9.59 Å². The number of methoxy groups -OCH3 is 1. The number of hydrogen-bond donors (Lipinski definition) is 2. The second kappa shape index (κ2) is 6.34. The molecular weight excluding hydrogens is 258 g/mol. The molecule has 0 bridgehead atoms. The van der Waals surface area contributed by atoms with Gasteiger partial charge in [0.15, 0.2) is 6.10 Å². The van der Waals surface area contributed by atoms with E-state index in [1.807, 2.05) is 30.3 Å². The van der Waals surface area contributed by atoms with E-state index in [2.05, 4.69) is 5.32 Å². The number of carbonyl (C=O) groups excluding carboxylic acids is 1. The first-order chi connectivity index (χ1) is 9.61. The third kappa shape index (κ3) is 3.24. The maximum atomic E-state index is 12.2. The molecule has 0 saturated heterocycles. The summed E-state index contributed by atoms with van der Waals surface area (Å²) in [6.45, 7) is 0. The van der Waals surface area contributed by atoms with E-state index in [0.29, 0.717) is 6.42 Å². The number of rotatable bonds is 5. The van der Waals surface area contributed by atoms with Gasteiger partial charge in [0.25, 0.3) is 5.91 Å². The molecule has 20 heavy (non-hydrogen) atoms. The zero-order valence-electron chi connectivity index (χ0n) is 11.2. The molecular formula is C15H17NO4. The average Bonchev–Trinajstić information content (AvgIpc) is 2.89. The Morgan fingerprint density at radius 1 is 1.30 bits per heavy atom. The third-order valence-electron chi connectivity index (χ3n) is 3.30. The second-order valence-electron chi connectivity index (χ2n) is 4.71. The van der Waals surface area contributed by atoms with Gasteiger partial charge >= 0.3 is 5.97 Å². The summed E-state index contributed by atoms with van der Waals surface area (Å²) in [4.78, 5) is 23.0. The fourth-order valence-electron chi connectivity index (χ4n) is 2.27. The minimum absolute atomic E-state index is 0.259. The third-order valence-corrected chi connectivity index (χ3v) is 3.30. The molecule has 5 nitrogen and oxygen atoms in total. The highest BCUT2D eigenvalue weighted by atomic mass is 16.5. The first-order valence-corrected chi connectivity index (χ1v) is 6.41. The Labute approximate surface area is 117 Å². The van der Waals surface area contributed by atoms with Crippen LogP contribution in [0.1, 0.15) is 18.1 Å². The normalized spacial score (nSPS) is 22.4. The number of benzene rings is 1. The summed E-state index contributed by atoms with van der Waals surface area (Å²) in [7, 11) is 1.47. The number of ether oxygens (including phenoxy) is 1. The van der Waals surface area contributed by atoms with Crippen molar-refractivity contribution in [2.24, 2.45) is 5.92 Å². The van der Waals surface area contributed by atoms with Crippen LogP contribution in [0, 0.1) is 5.92 Å². The molecule has 0 saturated carbocycles. The fraction of sp³-hybridized carbons (Fsp3) is 0.333. The van der Waals surface area contributed by atoms with Crippen LogP contribution in [0.15, 0.2) is 42.5 Å². The number of nitrogens with one attached hydrogen (secondary N) is 1. The van der Waals surface area contributed by atoms with Crippen molar-refractivity contribution in [1.29, 1.82) is 0 Å². The smallest absolute Gasteiger partial charge is 0.310 e. The molecule has 0 heterocycles. The Balaban J connectivity index is 1.98. The minimum Gasteiger partial charge on any atom is -0.481 e. The van der Waals surface area contributed by atoms with Crippen molar-refractivity contribution in [3.63, 3.8) is 0 Å². The summed E-state index contributed by atoms with van der Waals surface area (Å²) in [5.74, 6) is -1.67. The molecule has 0 aliphatic heterocycles. The summed E-state index contributed by atoms with van der Waals surface area (Å²) < 4.78 is 5.23. The first kappa shape index (κ1) is 14.3. The molecule has 106 valence electrons. The van der Waals surface area contributed by atoms with Gasteiger partial charge in [0.2, 0.25) is 0 Å². The zero-order chi connectivity index (χ0) is 14.5. The van der Waals surface area contributed by atoms with Gasteiger partial charge in [-0.3, -0.25) is 9.59 Å². The molecule has 0 radical (unpaired) electrons. The predicted molar refractivity (Wildman–Crippen MR) is 73.0 cm³/mol. The molecule has 2 N–H and O–H groups in total. The van der Waals surface area contributed by atoms with Gasteiger partial charge in [-0.05, 0) is 12.0 Å². The molecule has 5 heteroatoms. The molecule has 0 fully saturated rings. The van der Waals surface area contributed by atoms with Crippen molar-refractivity contribution >= 4 is 11.9 Å². The maximum Gasteiger partial charge on any atom is 0.310 e. The Kier molecular flexibility index (Phi) is 4.53. The Morgan fingerprint density at radius 2 is 2.00 bits per heavy atom. The van der Waals surface area contributed by atoms with Gasteiger partial charge in [0.05, 0.1) is 5.92 Å². The maximum absolute atomic E-state index is 12.2. The van der Waals surface area contributed by atoms with Gasteiger partial charge < -0.3 is 15.2 Å². The zero-order valence-corrected chi connectivity index (χ0v) is 11.2. The molecule has 3 unspecified atom stereocenters. The number of amides is 1. The van der Waals surface area contributed by atoms with Crippen LogP contribution in [0.5, 0.6) is 0 Å². The number of carboxylic acid groups (broad SMARTS) is 1. The van der Waals surface area contributed by atoms with E-state index < -0.39 is 18.0 Å². The number of carbonyl (C=O) groups is 2. The molecule has 0 spiro atoms. The van der Waals surface area contributed by atoms with Gasteiger partial charge in [-0.15, -0.1) is 0 Å². The standard InChI is InChI=1S/C15H17NO4/c1-20-13(10-5-3-2-4-6-10)14(17)16-12-8-7-11(9-12)15(18)19/h2-8,11-13H,9H2,1H3,(H,16,17)(H,18,19). The lowest BCUT2D eigenvalue weighted by Crippen LogP contribution is -2.37. The first-order valence-electron chi connectivity index (χ1n) is 6.41. The van der Waals surface area contributed by atoms with E-state index >= 15 is 0 Å². The van der Waals surface area contributed by atoms with Gasteiger partial charge in [0.1, 0.15) is 0 Å². The van der Waals surface area contributed by atoms with E-state index in [1.54, 1.807) is 12.2 Å². The molecule has 1 amide bonds. The van der Waals surface area contributed by atoms with Crippen LogP contribution >= 0.6 is 0 Å². The van der Waals surface area contributed by atoms with Crippen LogP contribution in [0.2, 0.25) is 0 Å². The Hall–Kier alpha value is -2.14.